The second kappa shape index (κ2) is 6.97. The smallest absolute Gasteiger partial charge is 0.410 e. The Labute approximate surface area is 128 Å². The fourth-order valence-electron chi connectivity index (χ4n) is 3.36. The molecule has 1 unspecified atom stereocenters. The first-order valence-corrected chi connectivity index (χ1v) is 8.31. The zero-order valence-electron chi connectivity index (χ0n) is 13.8. The van der Waals surface area contributed by atoms with Crippen LogP contribution in [0.5, 0.6) is 0 Å². The normalized spacial score (nSPS) is 25.9. The van der Waals surface area contributed by atoms with Crippen LogP contribution >= 0.6 is 0 Å². The third kappa shape index (κ3) is 4.85. The molecule has 2 heterocycles. The van der Waals surface area contributed by atoms with Crippen molar-refractivity contribution in [2.75, 3.05) is 32.7 Å². The average Bonchev–Trinajstić information content (AvgIpc) is 2.46. The van der Waals surface area contributed by atoms with E-state index >= 15 is 0 Å². The molecule has 1 atom stereocenters. The van der Waals surface area contributed by atoms with Crippen LogP contribution in [0.25, 0.3) is 0 Å². The van der Waals surface area contributed by atoms with Crippen molar-refractivity contribution in [3.63, 3.8) is 0 Å². The molecule has 1 amide bonds. The van der Waals surface area contributed by atoms with Gasteiger partial charge in [-0.05, 0) is 65.5 Å². The van der Waals surface area contributed by atoms with Gasteiger partial charge in [0.1, 0.15) is 5.60 Å². The van der Waals surface area contributed by atoms with E-state index in [0.29, 0.717) is 12.0 Å². The molecule has 2 N–H and O–H groups in total. The van der Waals surface area contributed by atoms with Crippen LogP contribution in [0.2, 0.25) is 0 Å². The number of piperidine rings is 2. The van der Waals surface area contributed by atoms with Crippen LogP contribution in [0.1, 0.15) is 46.5 Å². The SMILES string of the molecule is CC(C)(C)OC(=O)N1CCC(N2CCCC(CN)C2)CC1. The van der Waals surface area contributed by atoms with Crippen molar-refractivity contribution in [1.82, 2.24) is 9.80 Å². The summed E-state index contributed by atoms with van der Waals surface area (Å²) in [6.07, 6.45) is 4.46. The number of nitrogens with two attached hydrogens (primary N) is 1. The predicted molar refractivity (Wildman–Crippen MR) is 84.2 cm³/mol. The third-order valence-corrected chi connectivity index (χ3v) is 4.52. The Morgan fingerprint density at radius 3 is 2.43 bits per heavy atom. The number of hydrogen-bond donors (Lipinski definition) is 1. The van der Waals surface area contributed by atoms with Gasteiger partial charge in [-0.1, -0.05) is 0 Å². The van der Waals surface area contributed by atoms with Gasteiger partial charge in [-0.2, -0.15) is 0 Å². The zero-order valence-corrected chi connectivity index (χ0v) is 13.8. The van der Waals surface area contributed by atoms with Gasteiger partial charge in [0.2, 0.25) is 0 Å². The molecule has 2 fully saturated rings. The van der Waals surface area contributed by atoms with Crippen molar-refractivity contribution in [3.8, 4) is 0 Å². The Hall–Kier alpha value is -0.810. The lowest BCUT2D eigenvalue weighted by atomic mass is 9.94. The lowest BCUT2D eigenvalue weighted by molar-refractivity contribution is 0.0112. The van der Waals surface area contributed by atoms with Gasteiger partial charge in [0.05, 0.1) is 0 Å². The Bertz CT molecular complexity index is 346. The van der Waals surface area contributed by atoms with Gasteiger partial charge in [-0.3, -0.25) is 4.90 Å². The van der Waals surface area contributed by atoms with Crippen molar-refractivity contribution in [2.45, 2.75) is 58.1 Å². The molecule has 2 aliphatic rings. The summed E-state index contributed by atoms with van der Waals surface area (Å²) in [5.41, 5.74) is 5.41. The molecule has 0 radical (unpaired) electrons. The van der Waals surface area contributed by atoms with E-state index in [1.54, 1.807) is 0 Å². The highest BCUT2D eigenvalue weighted by molar-refractivity contribution is 5.68. The minimum absolute atomic E-state index is 0.167. The van der Waals surface area contributed by atoms with Crippen molar-refractivity contribution in [2.24, 2.45) is 11.7 Å². The number of likely N-dealkylation sites (tertiary alicyclic amines) is 2. The van der Waals surface area contributed by atoms with Crippen molar-refractivity contribution in [3.05, 3.63) is 0 Å². The van der Waals surface area contributed by atoms with E-state index in [1.807, 2.05) is 25.7 Å². The van der Waals surface area contributed by atoms with Gasteiger partial charge in [-0.25, -0.2) is 4.79 Å². The van der Waals surface area contributed by atoms with Crippen LogP contribution in [0.3, 0.4) is 0 Å². The van der Waals surface area contributed by atoms with E-state index in [0.717, 1.165) is 39.0 Å². The molecule has 122 valence electrons. The lowest BCUT2D eigenvalue weighted by Gasteiger charge is -2.42. The second-order valence-electron chi connectivity index (χ2n) is 7.44. The van der Waals surface area contributed by atoms with Crippen molar-refractivity contribution in [1.29, 1.82) is 0 Å². The fourth-order valence-corrected chi connectivity index (χ4v) is 3.36. The van der Waals surface area contributed by atoms with Crippen LogP contribution in [-0.2, 0) is 4.74 Å². The maximum atomic E-state index is 12.1. The number of carbonyl (C=O) groups is 1. The minimum Gasteiger partial charge on any atom is -0.444 e. The first-order chi connectivity index (χ1) is 9.89. The highest BCUT2D eigenvalue weighted by atomic mass is 16.6. The van der Waals surface area contributed by atoms with Gasteiger partial charge >= 0.3 is 6.09 Å². The Balaban J connectivity index is 1.79. The first-order valence-electron chi connectivity index (χ1n) is 8.31. The maximum absolute atomic E-state index is 12.1. The summed E-state index contributed by atoms with van der Waals surface area (Å²) < 4.78 is 5.45. The third-order valence-electron chi connectivity index (χ3n) is 4.52. The highest BCUT2D eigenvalue weighted by Gasteiger charge is 2.31. The molecule has 0 saturated carbocycles. The number of hydrogen-bond acceptors (Lipinski definition) is 4. The van der Waals surface area contributed by atoms with Crippen LogP contribution in [0, 0.1) is 5.92 Å². The van der Waals surface area contributed by atoms with Gasteiger partial charge in [-0.15, -0.1) is 0 Å². The van der Waals surface area contributed by atoms with E-state index in [-0.39, 0.29) is 6.09 Å². The number of nitrogens with zero attached hydrogens (tertiary/aromatic N) is 2. The van der Waals surface area contributed by atoms with E-state index in [1.165, 1.54) is 19.4 Å². The van der Waals surface area contributed by atoms with Crippen LogP contribution in [0.4, 0.5) is 4.79 Å². The minimum atomic E-state index is -0.408. The Morgan fingerprint density at radius 1 is 1.19 bits per heavy atom. The van der Waals surface area contributed by atoms with Crippen molar-refractivity contribution < 1.29 is 9.53 Å². The molecule has 0 aromatic heterocycles. The molecule has 21 heavy (non-hydrogen) atoms. The molecule has 0 bridgehead atoms. The molecule has 0 aromatic rings. The number of amides is 1. The maximum Gasteiger partial charge on any atom is 0.410 e. The monoisotopic (exact) mass is 297 g/mol. The van der Waals surface area contributed by atoms with Gasteiger partial charge in [0, 0.05) is 25.7 Å². The molecule has 0 spiro atoms. The van der Waals surface area contributed by atoms with Gasteiger partial charge in [0.25, 0.3) is 0 Å². The molecule has 0 aromatic carbocycles. The standard InChI is InChI=1S/C16H31N3O2/c1-16(2,3)21-15(20)18-9-6-14(7-10-18)19-8-4-5-13(11-17)12-19/h13-14H,4-12,17H2,1-3H3. The summed E-state index contributed by atoms with van der Waals surface area (Å²) >= 11 is 0. The summed E-state index contributed by atoms with van der Waals surface area (Å²) in [6.45, 7) is 10.5. The van der Waals surface area contributed by atoms with E-state index in [2.05, 4.69) is 4.90 Å². The summed E-state index contributed by atoms with van der Waals surface area (Å²) in [7, 11) is 0. The first kappa shape index (κ1) is 16.6. The zero-order chi connectivity index (χ0) is 15.5. The molecule has 5 heteroatoms. The Kier molecular flexibility index (Phi) is 5.49. The van der Waals surface area contributed by atoms with Crippen LogP contribution in [-0.4, -0.2) is 60.3 Å². The fraction of sp³-hybridized carbons (Fsp3) is 0.938. The van der Waals surface area contributed by atoms with Gasteiger partial charge < -0.3 is 15.4 Å². The predicted octanol–water partition coefficient (Wildman–Crippen LogP) is 2.06. The molecule has 0 aliphatic carbocycles. The van der Waals surface area contributed by atoms with E-state index in [4.69, 9.17) is 10.5 Å². The summed E-state index contributed by atoms with van der Waals surface area (Å²) in [5, 5.41) is 0. The van der Waals surface area contributed by atoms with E-state index in [9.17, 15) is 4.79 Å². The topological polar surface area (TPSA) is 58.8 Å². The molecular formula is C16H31N3O2. The quantitative estimate of drug-likeness (QED) is 0.847. The van der Waals surface area contributed by atoms with Crippen LogP contribution < -0.4 is 5.73 Å². The Morgan fingerprint density at radius 2 is 1.86 bits per heavy atom. The molecule has 5 nitrogen and oxygen atoms in total. The highest BCUT2D eigenvalue weighted by Crippen LogP contribution is 2.24. The lowest BCUT2D eigenvalue weighted by Crippen LogP contribution is -2.51. The molecular weight excluding hydrogens is 266 g/mol. The molecule has 2 aliphatic heterocycles. The summed E-state index contributed by atoms with van der Waals surface area (Å²) in [5.74, 6) is 0.655. The largest absolute Gasteiger partial charge is 0.444 e. The number of ether oxygens (including phenoxy) is 1. The number of carbonyl (C=O) groups excluding carboxylic acids is 1. The summed E-state index contributed by atoms with van der Waals surface area (Å²) in [4.78, 5) is 16.5. The molecule has 2 rings (SSSR count). The summed E-state index contributed by atoms with van der Waals surface area (Å²) in [6, 6.07) is 0.609. The average molecular weight is 297 g/mol. The second-order valence-corrected chi connectivity index (χ2v) is 7.44. The van der Waals surface area contributed by atoms with Crippen LogP contribution in [0.15, 0.2) is 0 Å². The van der Waals surface area contributed by atoms with Crippen molar-refractivity contribution >= 4 is 6.09 Å². The molecule has 2 saturated heterocycles. The van der Waals surface area contributed by atoms with Gasteiger partial charge in [0.15, 0.2) is 0 Å². The number of rotatable bonds is 2. The van der Waals surface area contributed by atoms with E-state index < -0.39 is 5.60 Å².